The Morgan fingerprint density at radius 1 is 1.12 bits per heavy atom. The zero-order valence-electron chi connectivity index (χ0n) is 23.9. The molecule has 3 atom stereocenters. The number of hydrogen-bond acceptors (Lipinski definition) is 11. The van der Waals surface area contributed by atoms with Gasteiger partial charge in [-0.15, -0.1) is 0 Å². The van der Waals surface area contributed by atoms with Crippen LogP contribution in [0, 0.1) is 0 Å². The summed E-state index contributed by atoms with van der Waals surface area (Å²) in [6, 6.07) is 1.80. The van der Waals surface area contributed by atoms with Crippen molar-refractivity contribution in [2.75, 3.05) is 13.9 Å². The number of aromatic hydroxyl groups is 2. The summed E-state index contributed by atoms with van der Waals surface area (Å²) in [5, 5.41) is 34.6. The van der Waals surface area contributed by atoms with E-state index >= 15 is 0 Å². The van der Waals surface area contributed by atoms with E-state index in [0.29, 0.717) is 28.7 Å². The van der Waals surface area contributed by atoms with Gasteiger partial charge in [0.2, 0.25) is 5.43 Å². The highest BCUT2D eigenvalue weighted by Crippen LogP contribution is 2.59. The Hall–Kier alpha value is -4.55. The number of carbonyl (C=O) groups is 1. The van der Waals surface area contributed by atoms with Crippen LogP contribution in [0.1, 0.15) is 73.1 Å². The number of aliphatic hydroxyl groups excluding tert-OH is 1. The second kappa shape index (κ2) is 9.48. The Balaban J connectivity index is 1.64. The number of pyridine rings is 1. The lowest BCUT2D eigenvalue weighted by Gasteiger charge is -2.35. The molecule has 1 aliphatic heterocycles. The molecule has 224 valence electrons. The molecule has 3 N–H and O–H groups in total. The number of hydrogen-bond donors (Lipinski definition) is 3. The smallest absolute Gasteiger partial charge is 0.303 e. The molecule has 0 unspecified atom stereocenters. The van der Waals surface area contributed by atoms with Gasteiger partial charge in [-0.1, -0.05) is 6.92 Å². The zero-order valence-corrected chi connectivity index (χ0v) is 23.9. The lowest BCUT2D eigenvalue weighted by molar-refractivity contribution is -0.148. The van der Waals surface area contributed by atoms with Gasteiger partial charge in [-0.25, -0.2) is 0 Å². The molecule has 43 heavy (non-hydrogen) atoms. The molecule has 2 aromatic carbocycles. The van der Waals surface area contributed by atoms with E-state index in [9.17, 15) is 29.7 Å². The zero-order chi connectivity index (χ0) is 30.5. The van der Waals surface area contributed by atoms with Crippen LogP contribution >= 0.6 is 0 Å². The average Bonchev–Trinajstić information content (AvgIpc) is 2.97. The number of benzene rings is 2. The van der Waals surface area contributed by atoms with Gasteiger partial charge < -0.3 is 43.3 Å². The van der Waals surface area contributed by atoms with Gasteiger partial charge in [0.05, 0.1) is 24.2 Å². The monoisotopic (exact) mass is 591 g/mol. The Morgan fingerprint density at radius 2 is 1.86 bits per heavy atom. The molecule has 0 saturated carbocycles. The quantitative estimate of drug-likeness (QED) is 0.297. The Kier molecular flexibility index (Phi) is 6.02. The molecule has 3 aliphatic rings. The van der Waals surface area contributed by atoms with Crippen molar-refractivity contribution in [3.63, 3.8) is 0 Å². The predicted molar refractivity (Wildman–Crippen MR) is 152 cm³/mol. The second-order valence-electron chi connectivity index (χ2n) is 11.1. The summed E-state index contributed by atoms with van der Waals surface area (Å²) in [4.78, 5) is 39.5. The van der Waals surface area contributed by atoms with Crippen LogP contribution in [-0.2, 0) is 34.2 Å². The van der Waals surface area contributed by atoms with E-state index in [1.54, 1.807) is 13.1 Å². The fourth-order valence-electron chi connectivity index (χ4n) is 6.92. The molecule has 2 aliphatic carbocycles. The topological polar surface area (TPSA) is 167 Å². The van der Waals surface area contributed by atoms with Crippen LogP contribution in [0.25, 0.3) is 32.9 Å². The molecule has 0 amide bonds. The van der Waals surface area contributed by atoms with Crippen LogP contribution < -0.4 is 20.5 Å². The first kappa shape index (κ1) is 27.3. The van der Waals surface area contributed by atoms with Crippen molar-refractivity contribution in [3.05, 3.63) is 54.8 Å². The second-order valence-corrected chi connectivity index (χ2v) is 11.1. The lowest BCUT2D eigenvalue weighted by atomic mass is 9.78. The highest BCUT2D eigenvalue weighted by Gasteiger charge is 2.42. The van der Waals surface area contributed by atoms with E-state index in [0.717, 1.165) is 5.69 Å². The lowest BCUT2D eigenvalue weighted by Crippen LogP contribution is -2.27. The molecule has 0 radical (unpaired) electrons. The highest BCUT2D eigenvalue weighted by molar-refractivity contribution is 6.07. The number of aromatic nitrogens is 1. The van der Waals surface area contributed by atoms with Crippen molar-refractivity contribution in [2.24, 2.45) is 7.05 Å². The van der Waals surface area contributed by atoms with Gasteiger partial charge in [0.1, 0.15) is 40.6 Å². The maximum absolute atomic E-state index is 14.1. The summed E-state index contributed by atoms with van der Waals surface area (Å²) in [5.74, 6) is -1.16. The molecule has 12 heteroatoms. The summed E-state index contributed by atoms with van der Waals surface area (Å²) in [7, 11) is 2.99. The van der Waals surface area contributed by atoms with Crippen LogP contribution in [0.5, 0.6) is 23.0 Å². The summed E-state index contributed by atoms with van der Waals surface area (Å²) in [6.45, 7) is 3.01. The number of aliphatic hydroxyl groups is 1. The molecule has 7 rings (SSSR count). The number of esters is 1. The first-order valence-corrected chi connectivity index (χ1v) is 14.0. The number of aryl methyl sites for hydroxylation is 1. The van der Waals surface area contributed by atoms with Crippen LogP contribution in [0.2, 0.25) is 0 Å². The minimum absolute atomic E-state index is 0.00377. The van der Waals surface area contributed by atoms with Crippen molar-refractivity contribution in [1.82, 2.24) is 4.57 Å². The van der Waals surface area contributed by atoms with Crippen LogP contribution in [-0.4, -0.2) is 39.8 Å². The summed E-state index contributed by atoms with van der Waals surface area (Å²) in [5.41, 5.74) is 0.343. The molecule has 0 fully saturated rings. The number of phenols is 2. The fourth-order valence-corrected chi connectivity index (χ4v) is 6.92. The van der Waals surface area contributed by atoms with Gasteiger partial charge in [0.25, 0.3) is 5.56 Å². The molecular formula is C31H29NO11. The third-order valence-electron chi connectivity index (χ3n) is 8.83. The number of fused-ring (bicyclic) bond motifs is 6. The normalized spacial score (nSPS) is 20.3. The number of carbonyl (C=O) groups excluding carboxylic acids is 1. The standard InChI is InChI=1S/C31H29NO11/c1-5-12-8-13-19(31(38)32(12)3)25(36)22-18-14(9-17-20(22)27(13)41-10-40-17)28(39-4)30-23(24(18)35)26(37)21-16(42-11(2)33)7-6-15(34)29(21)43-30/h8,15-17,34-36H,5-7,9-10H2,1-4H3/t15-,16+,17-/m0/s1. The van der Waals surface area contributed by atoms with Crippen molar-refractivity contribution in [3.8, 4) is 34.1 Å². The van der Waals surface area contributed by atoms with Crippen molar-refractivity contribution in [1.29, 1.82) is 0 Å². The number of methoxy groups -OCH3 is 1. The number of phenolic OH excluding ortho intramolecular Hbond substituents is 2. The molecule has 0 spiro atoms. The molecule has 12 nitrogen and oxygen atoms in total. The predicted octanol–water partition coefficient (Wildman–Crippen LogP) is 3.69. The van der Waals surface area contributed by atoms with Gasteiger partial charge in [-0.05, 0) is 25.3 Å². The summed E-state index contributed by atoms with van der Waals surface area (Å²) >= 11 is 0. The minimum atomic E-state index is -1.15. The van der Waals surface area contributed by atoms with E-state index in [4.69, 9.17) is 23.4 Å². The van der Waals surface area contributed by atoms with E-state index in [1.807, 2.05) is 6.92 Å². The van der Waals surface area contributed by atoms with Gasteiger partial charge in [0.15, 0.2) is 18.1 Å². The number of rotatable bonds is 3. The molecule has 4 aromatic rings. The summed E-state index contributed by atoms with van der Waals surface area (Å²) in [6.07, 6.45) is -1.73. The summed E-state index contributed by atoms with van der Waals surface area (Å²) < 4.78 is 30.6. The van der Waals surface area contributed by atoms with Crippen molar-refractivity contribution >= 4 is 27.7 Å². The van der Waals surface area contributed by atoms with E-state index in [-0.39, 0.29) is 70.6 Å². The van der Waals surface area contributed by atoms with Gasteiger partial charge >= 0.3 is 5.97 Å². The highest BCUT2D eigenvalue weighted by atomic mass is 16.7. The van der Waals surface area contributed by atoms with E-state index < -0.39 is 46.8 Å². The molecule has 0 saturated heterocycles. The van der Waals surface area contributed by atoms with E-state index in [1.165, 1.54) is 18.6 Å². The fraction of sp³-hybridized carbons (Fsp3) is 0.387. The SMILES string of the molecule is CCc1cc2c3c4c(c(O)c2c(=O)n1C)-c1c(c(OC)c2oc5c(c(=O)c2c1O)[C@H](OC(C)=O)CC[C@@H]5O)C[C@@H]4OCO3. The maximum Gasteiger partial charge on any atom is 0.303 e. The van der Waals surface area contributed by atoms with Crippen LogP contribution in [0.4, 0.5) is 0 Å². The van der Waals surface area contributed by atoms with E-state index in [2.05, 4.69) is 0 Å². The third-order valence-corrected chi connectivity index (χ3v) is 8.83. The Bertz CT molecular complexity index is 2020. The van der Waals surface area contributed by atoms with Crippen LogP contribution in [0.15, 0.2) is 20.1 Å². The van der Waals surface area contributed by atoms with Gasteiger partial charge in [0, 0.05) is 53.7 Å². The number of nitrogens with zero attached hydrogens (tertiary/aromatic N) is 1. The first-order valence-electron chi connectivity index (χ1n) is 14.0. The third kappa shape index (κ3) is 3.59. The number of ether oxygens (including phenoxy) is 4. The van der Waals surface area contributed by atoms with Gasteiger partial charge in [-0.3, -0.25) is 14.4 Å². The Labute approximate surface area is 243 Å². The van der Waals surface area contributed by atoms with Gasteiger partial charge in [-0.2, -0.15) is 0 Å². The van der Waals surface area contributed by atoms with Crippen LogP contribution in [0.3, 0.4) is 0 Å². The molecule has 0 bridgehead atoms. The maximum atomic E-state index is 14.1. The average molecular weight is 592 g/mol. The van der Waals surface area contributed by atoms with Crippen molar-refractivity contribution < 1.29 is 43.5 Å². The minimum Gasteiger partial charge on any atom is -0.506 e. The molecular weight excluding hydrogens is 562 g/mol. The largest absolute Gasteiger partial charge is 0.506 e. The molecule has 3 heterocycles. The van der Waals surface area contributed by atoms with Crippen molar-refractivity contribution in [2.45, 2.75) is 57.8 Å². The molecule has 2 aromatic heterocycles. The Morgan fingerprint density at radius 3 is 2.56 bits per heavy atom. The first-order chi connectivity index (χ1) is 20.6.